The van der Waals surface area contributed by atoms with E-state index in [-0.39, 0.29) is 6.10 Å². The predicted octanol–water partition coefficient (Wildman–Crippen LogP) is 1.65. The Labute approximate surface area is 181 Å². The molecule has 0 radical (unpaired) electrons. The second-order valence-electron chi connectivity index (χ2n) is 9.90. The molecule has 172 valence electrons. The van der Waals surface area contributed by atoms with E-state index in [0.717, 1.165) is 51.9 Å². The first-order valence-electron chi connectivity index (χ1n) is 11.7. The Morgan fingerprint density at radius 2 is 1.63 bits per heavy atom. The molecule has 0 bridgehead atoms. The van der Waals surface area contributed by atoms with E-state index in [2.05, 4.69) is 15.5 Å². The molecule has 2 heterocycles. The van der Waals surface area contributed by atoms with Crippen LogP contribution in [0.25, 0.3) is 0 Å². The summed E-state index contributed by atoms with van der Waals surface area (Å²) in [6, 6.07) is 0.615. The molecule has 0 aromatic carbocycles. The summed E-state index contributed by atoms with van der Waals surface area (Å²) in [6.07, 6.45) is 8.02. The maximum Gasteiger partial charge on any atom is 0.379 e. The largest absolute Gasteiger partial charge is 0.379 e. The molecule has 3 rings (SSSR count). The van der Waals surface area contributed by atoms with Gasteiger partial charge >= 0.3 is 5.97 Å². The van der Waals surface area contributed by atoms with Gasteiger partial charge in [0.15, 0.2) is 0 Å². The molecular weight excluding hydrogens is 384 g/mol. The molecule has 1 atom stereocenters. The summed E-state index contributed by atoms with van der Waals surface area (Å²) in [5.74, 6) is -0.525. The summed E-state index contributed by atoms with van der Waals surface area (Å²) in [6.45, 7) is 11.0. The molecule has 2 N–H and O–H groups in total. The molecule has 1 unspecified atom stereocenters. The third-order valence-corrected chi connectivity index (χ3v) is 6.81. The van der Waals surface area contributed by atoms with Crippen LogP contribution in [0.1, 0.15) is 65.7 Å². The topological polar surface area (TPSA) is 83.1 Å². The highest BCUT2D eigenvalue weighted by atomic mass is 16.7. The molecule has 0 aromatic heterocycles. The molecule has 2 saturated heterocycles. The van der Waals surface area contributed by atoms with Crippen molar-refractivity contribution in [3.63, 3.8) is 0 Å². The second kappa shape index (κ2) is 10.4. The van der Waals surface area contributed by atoms with Gasteiger partial charge in [-0.15, -0.1) is 5.06 Å². The maximum atomic E-state index is 13.4. The van der Waals surface area contributed by atoms with E-state index in [0.29, 0.717) is 25.5 Å². The van der Waals surface area contributed by atoms with Gasteiger partial charge in [-0.3, -0.25) is 9.69 Å². The number of hydrogen-bond donors (Lipinski definition) is 2. The zero-order valence-corrected chi connectivity index (χ0v) is 19.0. The summed E-state index contributed by atoms with van der Waals surface area (Å²) < 4.78 is 6.34. The molecule has 30 heavy (non-hydrogen) atoms. The molecule has 1 aliphatic carbocycles. The van der Waals surface area contributed by atoms with Crippen molar-refractivity contribution in [2.45, 2.75) is 83.6 Å². The van der Waals surface area contributed by atoms with Crippen LogP contribution in [-0.4, -0.2) is 79.5 Å². The van der Waals surface area contributed by atoms with E-state index in [1.807, 2.05) is 20.8 Å². The van der Waals surface area contributed by atoms with Gasteiger partial charge in [0.1, 0.15) is 0 Å². The fraction of sp³-hybridized carbons (Fsp3) is 0.909. The van der Waals surface area contributed by atoms with Crippen molar-refractivity contribution in [2.24, 2.45) is 5.41 Å². The van der Waals surface area contributed by atoms with Crippen LogP contribution in [0.4, 0.5) is 0 Å². The number of carbonyl (C=O) groups excluding carboxylic acids is 2. The number of piperidine rings is 1. The third-order valence-electron chi connectivity index (χ3n) is 6.81. The highest BCUT2D eigenvalue weighted by Gasteiger charge is 2.54. The number of rotatable bonds is 7. The van der Waals surface area contributed by atoms with Gasteiger partial charge in [-0.2, -0.15) is 0 Å². The summed E-state index contributed by atoms with van der Waals surface area (Å²) in [4.78, 5) is 33.2. The van der Waals surface area contributed by atoms with Gasteiger partial charge in [0, 0.05) is 37.6 Å². The summed E-state index contributed by atoms with van der Waals surface area (Å²) in [5.41, 5.74) is -2.15. The van der Waals surface area contributed by atoms with Crippen molar-refractivity contribution in [3.8, 4) is 0 Å². The molecule has 8 nitrogen and oxygen atoms in total. The van der Waals surface area contributed by atoms with Gasteiger partial charge in [0.25, 0.3) is 0 Å². The quantitative estimate of drug-likeness (QED) is 0.475. The van der Waals surface area contributed by atoms with Crippen molar-refractivity contribution in [2.75, 3.05) is 39.3 Å². The smallest absolute Gasteiger partial charge is 0.364 e. The van der Waals surface area contributed by atoms with Crippen LogP contribution >= 0.6 is 0 Å². The number of nitrogens with zero attached hydrogens (tertiary/aromatic N) is 2. The fourth-order valence-electron chi connectivity index (χ4n) is 4.87. The standard InChI is InChI=1S/C22H40N4O4/c1-21(2,3)22(24-17-27,29-19-7-5-4-6-8-19)20(28)30-26-15-13-25(14-16-26)18-9-11-23-12-10-18/h17-19,23H,4-16H2,1-3H3,(H,24,27). The van der Waals surface area contributed by atoms with Crippen molar-refractivity contribution >= 4 is 12.4 Å². The first-order valence-corrected chi connectivity index (χ1v) is 11.7. The lowest BCUT2D eigenvalue weighted by Gasteiger charge is -2.45. The van der Waals surface area contributed by atoms with Crippen molar-refractivity contribution < 1.29 is 19.2 Å². The van der Waals surface area contributed by atoms with Crippen LogP contribution in [0.5, 0.6) is 0 Å². The molecule has 8 heteroatoms. The third kappa shape index (κ3) is 5.52. The van der Waals surface area contributed by atoms with Gasteiger partial charge in [0.2, 0.25) is 12.1 Å². The lowest BCUT2D eigenvalue weighted by molar-refractivity contribution is -0.248. The monoisotopic (exact) mass is 424 g/mol. The molecule has 0 aromatic rings. The van der Waals surface area contributed by atoms with Gasteiger partial charge in [0.05, 0.1) is 6.10 Å². The van der Waals surface area contributed by atoms with E-state index in [4.69, 9.17) is 9.57 Å². The average Bonchev–Trinajstić information content (AvgIpc) is 2.74. The maximum absolute atomic E-state index is 13.4. The predicted molar refractivity (Wildman–Crippen MR) is 114 cm³/mol. The zero-order valence-electron chi connectivity index (χ0n) is 19.0. The zero-order chi connectivity index (χ0) is 21.6. The van der Waals surface area contributed by atoms with Crippen LogP contribution in [-0.2, 0) is 19.2 Å². The van der Waals surface area contributed by atoms with Crippen LogP contribution in [0, 0.1) is 5.41 Å². The fourth-order valence-corrected chi connectivity index (χ4v) is 4.87. The Kier molecular flexibility index (Phi) is 8.12. The summed E-state index contributed by atoms with van der Waals surface area (Å²) in [5, 5.41) is 7.85. The van der Waals surface area contributed by atoms with Crippen LogP contribution in [0.15, 0.2) is 0 Å². The van der Waals surface area contributed by atoms with Crippen LogP contribution in [0.2, 0.25) is 0 Å². The Hall–Kier alpha value is -1.22. The Morgan fingerprint density at radius 1 is 1.00 bits per heavy atom. The molecule has 3 aliphatic rings. The van der Waals surface area contributed by atoms with Gasteiger partial charge in [-0.05, 0) is 38.8 Å². The second-order valence-corrected chi connectivity index (χ2v) is 9.90. The van der Waals surface area contributed by atoms with E-state index in [1.165, 1.54) is 19.3 Å². The van der Waals surface area contributed by atoms with E-state index in [1.54, 1.807) is 5.06 Å². The number of carbonyl (C=O) groups is 2. The lowest BCUT2D eigenvalue weighted by Crippen LogP contribution is -2.65. The van der Waals surface area contributed by atoms with Crippen molar-refractivity contribution in [1.82, 2.24) is 20.6 Å². The average molecular weight is 425 g/mol. The minimum Gasteiger partial charge on any atom is -0.364 e. The molecular formula is C22H40N4O4. The highest BCUT2D eigenvalue weighted by Crippen LogP contribution is 2.36. The first-order chi connectivity index (χ1) is 14.4. The van der Waals surface area contributed by atoms with Crippen LogP contribution < -0.4 is 10.6 Å². The van der Waals surface area contributed by atoms with E-state index in [9.17, 15) is 9.59 Å². The SMILES string of the molecule is CC(C)(C)C(NC=O)(OC1CCCCC1)C(=O)ON1CCN(C2CCNCC2)CC1. The number of amides is 1. The molecule has 3 fully saturated rings. The van der Waals surface area contributed by atoms with Crippen molar-refractivity contribution in [1.29, 1.82) is 0 Å². The van der Waals surface area contributed by atoms with E-state index >= 15 is 0 Å². The number of nitrogens with one attached hydrogen (secondary N) is 2. The molecule has 1 amide bonds. The Bertz CT molecular complexity index is 562. The normalized spacial score (nSPS) is 25.4. The molecule has 1 saturated carbocycles. The van der Waals surface area contributed by atoms with Gasteiger partial charge in [-0.1, -0.05) is 40.0 Å². The Morgan fingerprint density at radius 3 is 2.20 bits per heavy atom. The van der Waals surface area contributed by atoms with Crippen LogP contribution in [0.3, 0.4) is 0 Å². The molecule has 2 aliphatic heterocycles. The number of hydrogen-bond acceptors (Lipinski definition) is 7. The summed E-state index contributed by atoms with van der Waals surface area (Å²) in [7, 11) is 0. The van der Waals surface area contributed by atoms with Gasteiger partial charge < -0.3 is 20.2 Å². The highest BCUT2D eigenvalue weighted by molar-refractivity contribution is 5.82. The lowest BCUT2D eigenvalue weighted by atomic mass is 9.82. The Balaban J connectivity index is 1.63. The number of piperazine rings is 1. The minimum atomic E-state index is -1.50. The minimum absolute atomic E-state index is 0.0465. The summed E-state index contributed by atoms with van der Waals surface area (Å²) >= 11 is 0. The number of hydroxylamine groups is 2. The molecule has 0 spiro atoms. The van der Waals surface area contributed by atoms with Gasteiger partial charge in [-0.25, -0.2) is 4.79 Å². The van der Waals surface area contributed by atoms with E-state index < -0.39 is 17.1 Å². The first kappa shape index (κ1) is 23.4. The number of ether oxygens (including phenoxy) is 1. The van der Waals surface area contributed by atoms with Crippen molar-refractivity contribution in [3.05, 3.63) is 0 Å².